The van der Waals surface area contributed by atoms with Gasteiger partial charge in [0, 0.05) is 12.1 Å². The van der Waals surface area contributed by atoms with E-state index < -0.39 is 22.6 Å². The van der Waals surface area contributed by atoms with E-state index in [1.807, 2.05) is 0 Å². The number of non-ortho nitro benzene ring substituents is 1. The Morgan fingerprint density at radius 2 is 1.74 bits per heavy atom. The zero-order valence-electron chi connectivity index (χ0n) is 15.1. The van der Waals surface area contributed by atoms with Gasteiger partial charge in [0.05, 0.1) is 31.3 Å². The van der Waals surface area contributed by atoms with E-state index in [1.165, 1.54) is 44.6 Å². The summed E-state index contributed by atoms with van der Waals surface area (Å²) in [6, 6.07) is 9.94. The number of ketones is 1. The summed E-state index contributed by atoms with van der Waals surface area (Å²) in [6.07, 6.45) is 0. The first-order valence-corrected chi connectivity index (χ1v) is 8.10. The summed E-state index contributed by atoms with van der Waals surface area (Å²) in [5, 5.41) is 10.8. The highest BCUT2D eigenvalue weighted by Gasteiger charge is 2.33. The van der Waals surface area contributed by atoms with Gasteiger partial charge in [0.15, 0.2) is 17.3 Å². The summed E-state index contributed by atoms with van der Waals surface area (Å²) in [4.78, 5) is 35.9. The van der Waals surface area contributed by atoms with Crippen LogP contribution in [-0.2, 0) is 9.53 Å². The number of carbonyl (C=O) groups excluding carboxylic acids is 2. The predicted molar refractivity (Wildman–Crippen MR) is 96.3 cm³/mol. The highest BCUT2D eigenvalue weighted by Crippen LogP contribution is 2.35. The minimum absolute atomic E-state index is 0.0881. The molecule has 0 radical (unpaired) electrons. The molecule has 0 spiro atoms. The lowest BCUT2D eigenvalue weighted by atomic mass is 9.90. The normalized spacial score (nSPS) is 11.4. The second kappa shape index (κ2) is 8.79. The number of hydrogen-bond donors (Lipinski definition) is 0. The van der Waals surface area contributed by atoms with Crippen molar-refractivity contribution in [2.45, 2.75) is 12.8 Å². The number of ether oxygens (including phenoxy) is 3. The lowest BCUT2D eigenvalue weighted by Crippen LogP contribution is -2.25. The minimum atomic E-state index is -1.29. The highest BCUT2D eigenvalue weighted by atomic mass is 16.6. The molecule has 2 aromatic carbocycles. The van der Waals surface area contributed by atoms with Gasteiger partial charge in [-0.2, -0.15) is 0 Å². The Bertz CT molecular complexity index is 846. The Hall–Kier alpha value is -3.42. The largest absolute Gasteiger partial charge is 0.493 e. The average molecular weight is 373 g/mol. The van der Waals surface area contributed by atoms with E-state index >= 15 is 0 Å². The van der Waals surface area contributed by atoms with Gasteiger partial charge in [0.2, 0.25) is 0 Å². The van der Waals surface area contributed by atoms with Crippen molar-refractivity contribution in [3.8, 4) is 11.5 Å². The molecule has 0 aliphatic heterocycles. The van der Waals surface area contributed by atoms with E-state index in [0.717, 1.165) is 0 Å². The number of hydrogen-bond acceptors (Lipinski definition) is 7. The molecule has 0 bridgehead atoms. The molecule has 0 aromatic heterocycles. The second-order valence-corrected chi connectivity index (χ2v) is 5.44. The van der Waals surface area contributed by atoms with Gasteiger partial charge in [-0.1, -0.05) is 18.2 Å². The third kappa shape index (κ3) is 4.22. The number of para-hydroxylation sites is 1. The van der Waals surface area contributed by atoms with Gasteiger partial charge in [-0.25, -0.2) is 0 Å². The first-order valence-electron chi connectivity index (χ1n) is 8.10. The van der Waals surface area contributed by atoms with Crippen LogP contribution in [0.2, 0.25) is 0 Å². The maximum atomic E-state index is 13.2. The molecule has 0 saturated carbocycles. The van der Waals surface area contributed by atoms with Crippen molar-refractivity contribution in [2.75, 3.05) is 20.8 Å². The van der Waals surface area contributed by atoms with Gasteiger partial charge in [-0.3, -0.25) is 19.7 Å². The fourth-order valence-electron chi connectivity index (χ4n) is 2.65. The van der Waals surface area contributed by atoms with Gasteiger partial charge >= 0.3 is 5.97 Å². The van der Waals surface area contributed by atoms with Crippen LogP contribution >= 0.6 is 0 Å². The van der Waals surface area contributed by atoms with Gasteiger partial charge < -0.3 is 14.2 Å². The number of methoxy groups -OCH3 is 2. The topological polar surface area (TPSA) is 105 Å². The average Bonchev–Trinajstić information content (AvgIpc) is 2.67. The quantitative estimate of drug-likeness (QED) is 0.230. The van der Waals surface area contributed by atoms with Crippen molar-refractivity contribution in [2.24, 2.45) is 0 Å². The molecular formula is C19H19NO7. The number of esters is 1. The first kappa shape index (κ1) is 19.9. The second-order valence-electron chi connectivity index (χ2n) is 5.44. The molecule has 8 heteroatoms. The van der Waals surface area contributed by atoms with Crippen LogP contribution < -0.4 is 9.47 Å². The maximum Gasteiger partial charge on any atom is 0.321 e. The number of carbonyl (C=O) groups is 2. The Labute approximate surface area is 155 Å². The van der Waals surface area contributed by atoms with Gasteiger partial charge in [0.1, 0.15) is 5.92 Å². The maximum absolute atomic E-state index is 13.2. The predicted octanol–water partition coefficient (Wildman–Crippen LogP) is 3.14. The van der Waals surface area contributed by atoms with Crippen molar-refractivity contribution >= 4 is 17.4 Å². The molecular weight excluding hydrogens is 354 g/mol. The van der Waals surface area contributed by atoms with Gasteiger partial charge in [0.25, 0.3) is 5.69 Å². The van der Waals surface area contributed by atoms with Crippen LogP contribution in [0.1, 0.15) is 28.8 Å². The lowest BCUT2D eigenvalue weighted by molar-refractivity contribution is -0.384. The molecule has 8 nitrogen and oxygen atoms in total. The molecule has 1 atom stereocenters. The van der Waals surface area contributed by atoms with E-state index in [0.29, 0.717) is 5.75 Å². The highest BCUT2D eigenvalue weighted by molar-refractivity contribution is 6.14. The summed E-state index contributed by atoms with van der Waals surface area (Å²) < 4.78 is 15.5. The fourth-order valence-corrected chi connectivity index (χ4v) is 2.65. The lowest BCUT2D eigenvalue weighted by Gasteiger charge is -2.17. The summed E-state index contributed by atoms with van der Waals surface area (Å²) in [5.74, 6) is -2.05. The van der Waals surface area contributed by atoms with Crippen LogP contribution in [-0.4, -0.2) is 37.5 Å². The Morgan fingerprint density at radius 3 is 2.26 bits per heavy atom. The van der Waals surface area contributed by atoms with E-state index in [4.69, 9.17) is 14.2 Å². The Kier molecular flexibility index (Phi) is 6.48. The molecule has 0 saturated heterocycles. The van der Waals surface area contributed by atoms with E-state index in [2.05, 4.69) is 0 Å². The molecule has 0 aliphatic rings. The smallest absolute Gasteiger partial charge is 0.321 e. The monoisotopic (exact) mass is 373 g/mol. The van der Waals surface area contributed by atoms with Crippen LogP contribution in [0.25, 0.3) is 0 Å². The van der Waals surface area contributed by atoms with Crippen LogP contribution in [0.15, 0.2) is 42.5 Å². The molecule has 0 aliphatic carbocycles. The molecule has 0 N–H and O–H groups in total. The van der Waals surface area contributed by atoms with Crippen molar-refractivity contribution in [1.29, 1.82) is 0 Å². The van der Waals surface area contributed by atoms with Crippen molar-refractivity contribution in [3.63, 3.8) is 0 Å². The van der Waals surface area contributed by atoms with Crippen molar-refractivity contribution in [3.05, 3.63) is 63.7 Å². The molecule has 0 fully saturated rings. The third-order valence-corrected chi connectivity index (χ3v) is 3.89. The van der Waals surface area contributed by atoms with Gasteiger partial charge in [-0.05, 0) is 24.6 Å². The minimum Gasteiger partial charge on any atom is -0.493 e. The fraction of sp³-hybridized carbons (Fsp3) is 0.263. The zero-order chi connectivity index (χ0) is 20.0. The van der Waals surface area contributed by atoms with Crippen LogP contribution in [0.4, 0.5) is 5.69 Å². The SMILES string of the molecule is CCOC(=O)C(C(=O)c1cccc(OC)c1OC)c1ccc([N+](=O)[O-])cc1. The van der Waals surface area contributed by atoms with Crippen LogP contribution in [0.5, 0.6) is 11.5 Å². The summed E-state index contributed by atoms with van der Waals surface area (Å²) in [6.45, 7) is 1.71. The Balaban J connectivity index is 2.53. The number of nitro benzene ring substituents is 1. The van der Waals surface area contributed by atoms with Crippen molar-refractivity contribution in [1.82, 2.24) is 0 Å². The molecule has 142 valence electrons. The van der Waals surface area contributed by atoms with E-state index in [-0.39, 0.29) is 29.2 Å². The van der Waals surface area contributed by atoms with Crippen molar-refractivity contribution < 1.29 is 28.7 Å². The third-order valence-electron chi connectivity index (χ3n) is 3.89. The number of rotatable bonds is 8. The molecule has 0 amide bonds. The summed E-state index contributed by atoms with van der Waals surface area (Å²) in [5.41, 5.74) is 0.287. The molecule has 0 heterocycles. The van der Waals surface area contributed by atoms with Crippen LogP contribution in [0, 0.1) is 10.1 Å². The zero-order valence-corrected chi connectivity index (χ0v) is 15.1. The number of nitrogens with zero attached hydrogens (tertiary/aromatic N) is 1. The number of benzene rings is 2. The molecule has 2 aromatic rings. The Morgan fingerprint density at radius 1 is 1.07 bits per heavy atom. The molecule has 2 rings (SSSR count). The summed E-state index contributed by atoms with van der Waals surface area (Å²) >= 11 is 0. The number of Topliss-reactive ketones (excluding diaryl/α,β-unsaturated/α-hetero) is 1. The standard InChI is InChI=1S/C19H19NO7/c1-4-27-19(22)16(12-8-10-13(11-9-12)20(23)24)17(21)14-6-5-7-15(25-2)18(14)26-3/h5-11,16H,4H2,1-3H3. The van der Waals surface area contributed by atoms with Gasteiger partial charge in [-0.15, -0.1) is 0 Å². The molecule has 27 heavy (non-hydrogen) atoms. The van der Waals surface area contributed by atoms with E-state index in [9.17, 15) is 19.7 Å². The molecule has 1 unspecified atom stereocenters. The number of nitro groups is 1. The van der Waals surface area contributed by atoms with E-state index in [1.54, 1.807) is 19.1 Å². The summed E-state index contributed by atoms with van der Waals surface area (Å²) in [7, 11) is 2.82. The first-order chi connectivity index (χ1) is 12.9. The van der Waals surface area contributed by atoms with Crippen LogP contribution in [0.3, 0.4) is 0 Å².